The predicted molar refractivity (Wildman–Crippen MR) is 114 cm³/mol. The van der Waals surface area contributed by atoms with Crippen LogP contribution in [0.2, 0.25) is 0 Å². The van der Waals surface area contributed by atoms with E-state index in [-0.39, 0.29) is 24.0 Å². The van der Waals surface area contributed by atoms with Crippen molar-refractivity contribution in [3.8, 4) is 0 Å². The summed E-state index contributed by atoms with van der Waals surface area (Å²) in [5, 5.41) is 6.72. The summed E-state index contributed by atoms with van der Waals surface area (Å²) in [5.74, 6) is 0.436. The average Bonchev–Trinajstić information content (AvgIpc) is 2.72. The highest BCUT2D eigenvalue weighted by atomic mass is 32.1. The molecule has 2 aliphatic rings. The Labute approximate surface area is 170 Å². The van der Waals surface area contributed by atoms with Crippen LogP contribution in [-0.4, -0.2) is 24.4 Å². The van der Waals surface area contributed by atoms with Gasteiger partial charge in [0, 0.05) is 25.9 Å². The molecule has 0 radical (unpaired) electrons. The van der Waals surface area contributed by atoms with Gasteiger partial charge in [0.2, 0.25) is 0 Å². The zero-order valence-corrected chi connectivity index (χ0v) is 16.9. The van der Waals surface area contributed by atoms with Gasteiger partial charge in [0.05, 0.1) is 0 Å². The molecule has 0 fully saturated rings. The van der Waals surface area contributed by atoms with Crippen LogP contribution in [0.25, 0.3) is 0 Å². The van der Waals surface area contributed by atoms with Crippen molar-refractivity contribution in [1.82, 2.24) is 10.6 Å². The van der Waals surface area contributed by atoms with Gasteiger partial charge in [-0.2, -0.15) is 0 Å². The summed E-state index contributed by atoms with van der Waals surface area (Å²) in [6, 6.07) is 16.9. The van der Waals surface area contributed by atoms with E-state index in [2.05, 4.69) is 59.2 Å². The Hall–Kier alpha value is -2.18. The zero-order valence-electron chi connectivity index (χ0n) is 15.3. The molecule has 0 heterocycles. The quantitative estimate of drug-likeness (QED) is 0.743. The lowest BCUT2D eigenvalue weighted by Gasteiger charge is -2.46. The van der Waals surface area contributed by atoms with Gasteiger partial charge in [-0.3, -0.25) is 0 Å². The van der Waals surface area contributed by atoms with Crippen LogP contribution in [0.4, 0.5) is 0 Å². The fraction of sp³-hybridized carbons (Fsp3) is 0.333. The lowest BCUT2D eigenvalue weighted by molar-refractivity contribution is 0.0801. The highest BCUT2D eigenvalue weighted by Gasteiger charge is 2.47. The third kappa shape index (κ3) is 3.17. The van der Waals surface area contributed by atoms with Crippen LogP contribution in [0.15, 0.2) is 48.5 Å². The minimum atomic E-state index is -0.115. The first-order valence-corrected chi connectivity index (χ1v) is 9.90. The van der Waals surface area contributed by atoms with Crippen molar-refractivity contribution in [2.75, 3.05) is 14.1 Å². The molecule has 2 aromatic carbocycles. The summed E-state index contributed by atoms with van der Waals surface area (Å²) >= 11 is 10.6. The van der Waals surface area contributed by atoms with E-state index in [4.69, 9.17) is 33.9 Å². The fourth-order valence-corrected chi connectivity index (χ4v) is 4.60. The van der Waals surface area contributed by atoms with Gasteiger partial charge in [-0.15, -0.1) is 0 Å². The van der Waals surface area contributed by atoms with Gasteiger partial charge in [-0.25, -0.2) is 0 Å². The molecule has 0 unspecified atom stereocenters. The first kappa shape index (κ1) is 18.2. The zero-order chi connectivity index (χ0) is 19.0. The van der Waals surface area contributed by atoms with Gasteiger partial charge in [-0.05, 0) is 53.1 Å². The van der Waals surface area contributed by atoms with Crippen LogP contribution in [0.5, 0.6) is 0 Å². The maximum absolute atomic E-state index is 6.19. The van der Waals surface area contributed by atoms with Crippen molar-refractivity contribution in [3.63, 3.8) is 0 Å². The van der Waals surface area contributed by atoms with E-state index in [1.165, 1.54) is 22.3 Å². The van der Waals surface area contributed by atoms with E-state index in [9.17, 15) is 0 Å². The number of benzene rings is 2. The lowest BCUT2D eigenvalue weighted by atomic mass is 9.64. The molecule has 2 bridgehead atoms. The first-order valence-electron chi connectivity index (χ1n) is 9.08. The van der Waals surface area contributed by atoms with Crippen LogP contribution in [-0.2, 0) is 9.47 Å². The molecule has 27 heavy (non-hydrogen) atoms. The molecule has 2 aromatic rings. The van der Waals surface area contributed by atoms with E-state index in [1.807, 2.05) is 0 Å². The summed E-state index contributed by atoms with van der Waals surface area (Å²) in [7, 11) is 3.58. The smallest absolute Gasteiger partial charge is 0.257 e. The average molecular weight is 399 g/mol. The van der Waals surface area contributed by atoms with Crippen LogP contribution >= 0.6 is 24.4 Å². The van der Waals surface area contributed by atoms with Gasteiger partial charge in [0.1, 0.15) is 12.2 Å². The van der Waals surface area contributed by atoms with Crippen LogP contribution in [0.3, 0.4) is 0 Å². The Bertz CT molecular complexity index is 814. The van der Waals surface area contributed by atoms with Crippen molar-refractivity contribution in [2.24, 2.45) is 0 Å². The molecule has 4 nitrogen and oxygen atoms in total. The first-order chi connectivity index (χ1) is 13.1. The van der Waals surface area contributed by atoms with Crippen molar-refractivity contribution in [3.05, 3.63) is 70.8 Å². The summed E-state index contributed by atoms with van der Waals surface area (Å²) in [5.41, 5.74) is 4.84. The molecule has 6 heteroatoms. The summed E-state index contributed by atoms with van der Waals surface area (Å²) in [6.45, 7) is 0. The molecule has 0 aromatic heterocycles. The van der Waals surface area contributed by atoms with Gasteiger partial charge < -0.3 is 20.1 Å². The van der Waals surface area contributed by atoms with Gasteiger partial charge in [-0.1, -0.05) is 48.5 Å². The number of ether oxygens (including phenoxy) is 2. The molecule has 140 valence electrons. The lowest BCUT2D eigenvalue weighted by Crippen LogP contribution is -2.37. The van der Waals surface area contributed by atoms with E-state index in [0.29, 0.717) is 10.3 Å². The van der Waals surface area contributed by atoms with Crippen molar-refractivity contribution in [2.45, 2.75) is 30.5 Å². The Balaban J connectivity index is 1.84. The topological polar surface area (TPSA) is 42.5 Å². The van der Waals surface area contributed by atoms with Crippen molar-refractivity contribution < 1.29 is 9.47 Å². The van der Waals surface area contributed by atoms with E-state index < -0.39 is 0 Å². The molecule has 0 aliphatic heterocycles. The molecule has 0 saturated carbocycles. The third-order valence-electron chi connectivity index (χ3n) is 5.52. The molecule has 0 saturated heterocycles. The number of hydrogen-bond acceptors (Lipinski definition) is 4. The molecular weight excluding hydrogens is 376 g/mol. The maximum atomic E-state index is 6.19. The number of thiocarbonyl (C=S) groups is 2. The molecule has 4 rings (SSSR count). The highest BCUT2D eigenvalue weighted by Crippen LogP contribution is 2.57. The van der Waals surface area contributed by atoms with Gasteiger partial charge in [0.25, 0.3) is 10.3 Å². The van der Waals surface area contributed by atoms with Crippen molar-refractivity contribution in [1.29, 1.82) is 0 Å². The normalized spacial score (nSPS) is 24.8. The van der Waals surface area contributed by atoms with E-state index in [1.54, 1.807) is 14.1 Å². The third-order valence-corrected chi connectivity index (χ3v) is 6.12. The van der Waals surface area contributed by atoms with Gasteiger partial charge >= 0.3 is 0 Å². The summed E-state index contributed by atoms with van der Waals surface area (Å²) in [6.07, 6.45) is 0.702. The van der Waals surface area contributed by atoms with Crippen molar-refractivity contribution >= 4 is 34.8 Å². The molecule has 0 spiro atoms. The number of hydrogen-bond donors (Lipinski definition) is 2. The predicted octanol–water partition coefficient (Wildman–Crippen LogP) is 4.10. The second kappa shape index (κ2) is 7.44. The molecule has 4 atom stereocenters. The fourth-order valence-electron chi connectivity index (χ4n) is 4.39. The second-order valence-electron chi connectivity index (χ2n) is 6.86. The molecule has 2 N–H and O–H groups in total. The highest BCUT2D eigenvalue weighted by molar-refractivity contribution is 7.80. The van der Waals surface area contributed by atoms with E-state index >= 15 is 0 Å². The summed E-state index contributed by atoms with van der Waals surface area (Å²) < 4.78 is 12.4. The second-order valence-corrected chi connectivity index (χ2v) is 7.60. The van der Waals surface area contributed by atoms with E-state index in [0.717, 1.165) is 6.42 Å². The number of fused-ring (bicyclic) bond motifs is 6. The van der Waals surface area contributed by atoms with Crippen LogP contribution in [0.1, 0.15) is 52.7 Å². The Kier molecular flexibility index (Phi) is 5.02. The maximum Gasteiger partial charge on any atom is 0.257 e. The minimum absolute atomic E-state index is 0.115. The molecular formula is C21H22N2O2S2. The number of rotatable bonds is 2. The van der Waals surface area contributed by atoms with Crippen LogP contribution in [0, 0.1) is 0 Å². The standard InChI is InChI=1S/C21H22N2O2S2/c1-22-20(26)24-18-14-9-5-3-7-12(14)17-11-16(18)13-8-4-6-10-15(13)19(17)25-21(27)23-2/h3-10,16-19H,11H2,1-2H3,(H,22,26)(H,23,27)/t16-,17-,18-,19-/m1/s1. The SMILES string of the molecule is CNC(=S)O[C@@H]1c2ccccc2[C@H]2C[C@@H]1c1ccccc1[C@H]2OC(=S)NC. The van der Waals surface area contributed by atoms with Crippen LogP contribution < -0.4 is 10.6 Å². The molecule has 0 amide bonds. The Morgan fingerprint density at radius 2 is 1.11 bits per heavy atom. The largest absolute Gasteiger partial charge is 0.462 e. The number of nitrogens with one attached hydrogen (secondary N) is 2. The Morgan fingerprint density at radius 3 is 1.48 bits per heavy atom. The Morgan fingerprint density at radius 1 is 0.741 bits per heavy atom. The minimum Gasteiger partial charge on any atom is -0.462 e. The van der Waals surface area contributed by atoms with Gasteiger partial charge in [0.15, 0.2) is 0 Å². The molecule has 2 aliphatic carbocycles. The summed E-state index contributed by atoms with van der Waals surface area (Å²) in [4.78, 5) is 0. The monoisotopic (exact) mass is 398 g/mol.